The molecule has 0 saturated heterocycles. The minimum atomic E-state index is -0.754. The van der Waals surface area contributed by atoms with Gasteiger partial charge in [-0.3, -0.25) is 4.79 Å². The molecule has 0 aromatic rings. The Morgan fingerprint density at radius 2 is 2.00 bits per heavy atom. The van der Waals surface area contributed by atoms with E-state index in [1.807, 2.05) is 0 Å². The number of rotatable bonds is 3. The zero-order valence-corrected chi connectivity index (χ0v) is 6.82. The van der Waals surface area contributed by atoms with Crippen LogP contribution in [0.15, 0.2) is 35.1 Å². The molecular formula is C7H6BrFO. The normalized spacial score (nSPS) is 10.8. The van der Waals surface area contributed by atoms with E-state index < -0.39 is 5.83 Å². The molecule has 0 aliphatic heterocycles. The highest BCUT2D eigenvalue weighted by Gasteiger charge is 1.98. The van der Waals surface area contributed by atoms with Gasteiger partial charge in [0.2, 0.25) is 0 Å². The summed E-state index contributed by atoms with van der Waals surface area (Å²) < 4.78 is 12.6. The van der Waals surface area contributed by atoms with Crippen LogP contribution in [0.5, 0.6) is 0 Å². The average Bonchev–Trinajstić information content (AvgIpc) is 1.81. The lowest BCUT2D eigenvalue weighted by Gasteiger charge is -1.90. The molecule has 0 rings (SSSR count). The van der Waals surface area contributed by atoms with Crippen LogP contribution < -0.4 is 0 Å². The first-order chi connectivity index (χ1) is 4.57. The number of allylic oxidation sites excluding steroid dienone is 4. The molecule has 0 N–H and O–H groups in total. The maximum atomic E-state index is 12.2. The highest BCUT2D eigenvalue weighted by Crippen LogP contribution is 2.11. The lowest BCUT2D eigenvalue weighted by molar-refractivity contribution is -0.104. The minimum absolute atomic E-state index is 0.0955. The summed E-state index contributed by atoms with van der Waals surface area (Å²) in [5.74, 6) is -0.754. The second-order valence-electron chi connectivity index (χ2n) is 1.57. The number of aldehydes is 1. The Morgan fingerprint density at radius 1 is 1.50 bits per heavy atom. The van der Waals surface area contributed by atoms with Crippen molar-refractivity contribution in [3.05, 3.63) is 35.1 Å². The van der Waals surface area contributed by atoms with Gasteiger partial charge in [0.15, 0.2) is 6.29 Å². The Hall–Kier alpha value is -0.700. The highest BCUT2D eigenvalue weighted by molar-refractivity contribution is 9.11. The van der Waals surface area contributed by atoms with Gasteiger partial charge in [-0.2, -0.15) is 0 Å². The molecule has 10 heavy (non-hydrogen) atoms. The first-order valence-electron chi connectivity index (χ1n) is 2.44. The van der Waals surface area contributed by atoms with E-state index in [-0.39, 0.29) is 5.57 Å². The van der Waals surface area contributed by atoms with Gasteiger partial charge >= 0.3 is 0 Å². The van der Waals surface area contributed by atoms with E-state index in [9.17, 15) is 9.18 Å². The van der Waals surface area contributed by atoms with Crippen LogP contribution in [0.2, 0.25) is 0 Å². The number of carbonyl (C=O) groups excluding carboxylic acids is 1. The third-order valence-corrected chi connectivity index (χ3v) is 0.981. The first-order valence-corrected chi connectivity index (χ1v) is 3.23. The van der Waals surface area contributed by atoms with Crippen molar-refractivity contribution >= 4 is 22.2 Å². The fourth-order valence-corrected chi connectivity index (χ4v) is 0.592. The van der Waals surface area contributed by atoms with Crippen molar-refractivity contribution in [3.63, 3.8) is 0 Å². The van der Waals surface area contributed by atoms with E-state index in [1.165, 1.54) is 6.08 Å². The van der Waals surface area contributed by atoms with E-state index in [2.05, 4.69) is 29.1 Å². The molecule has 3 heteroatoms. The number of halogens is 2. The van der Waals surface area contributed by atoms with Gasteiger partial charge in [0.25, 0.3) is 0 Å². The van der Waals surface area contributed by atoms with Gasteiger partial charge in [-0.1, -0.05) is 29.1 Å². The number of hydrogen-bond donors (Lipinski definition) is 0. The minimum Gasteiger partial charge on any atom is -0.298 e. The van der Waals surface area contributed by atoms with Gasteiger partial charge in [0, 0.05) is 4.48 Å². The number of hydrogen-bond acceptors (Lipinski definition) is 1. The Morgan fingerprint density at radius 3 is 2.10 bits per heavy atom. The Bertz CT molecular complexity index is 206. The Balaban J connectivity index is 4.49. The summed E-state index contributed by atoms with van der Waals surface area (Å²) in [5.41, 5.74) is -0.0955. The van der Waals surface area contributed by atoms with Crippen molar-refractivity contribution in [2.24, 2.45) is 0 Å². The van der Waals surface area contributed by atoms with Gasteiger partial charge in [0.1, 0.15) is 5.83 Å². The van der Waals surface area contributed by atoms with Crippen molar-refractivity contribution in [1.29, 1.82) is 0 Å². The summed E-state index contributed by atoms with van der Waals surface area (Å²) in [6, 6.07) is 0. The molecule has 0 aromatic heterocycles. The largest absolute Gasteiger partial charge is 0.298 e. The van der Waals surface area contributed by atoms with Crippen molar-refractivity contribution < 1.29 is 9.18 Å². The molecule has 1 nitrogen and oxygen atoms in total. The lowest BCUT2D eigenvalue weighted by atomic mass is 10.2. The highest BCUT2D eigenvalue weighted by atomic mass is 79.9. The summed E-state index contributed by atoms with van der Waals surface area (Å²) in [7, 11) is 0. The van der Waals surface area contributed by atoms with Crippen LogP contribution in [-0.4, -0.2) is 6.29 Å². The molecule has 0 heterocycles. The van der Waals surface area contributed by atoms with Gasteiger partial charge in [-0.15, -0.1) is 0 Å². The predicted octanol–water partition coefficient (Wildman–Crippen LogP) is 2.50. The molecule has 0 atom stereocenters. The molecule has 0 bridgehead atoms. The molecule has 0 saturated carbocycles. The molecule has 0 aliphatic rings. The zero-order valence-electron chi connectivity index (χ0n) is 5.23. The topological polar surface area (TPSA) is 17.1 Å². The summed E-state index contributed by atoms with van der Waals surface area (Å²) in [6.45, 7) is 6.35. The first kappa shape index (κ1) is 9.30. The molecule has 54 valence electrons. The van der Waals surface area contributed by atoms with E-state index in [4.69, 9.17) is 0 Å². The van der Waals surface area contributed by atoms with Crippen LogP contribution in [0.1, 0.15) is 0 Å². The van der Waals surface area contributed by atoms with Crippen LogP contribution in [-0.2, 0) is 4.79 Å². The molecule has 0 unspecified atom stereocenters. The molecule has 0 amide bonds. The third-order valence-electron chi connectivity index (χ3n) is 0.752. The lowest BCUT2D eigenvalue weighted by Crippen LogP contribution is -1.83. The molecule has 0 aliphatic carbocycles. The fourth-order valence-electron chi connectivity index (χ4n) is 0.345. The van der Waals surface area contributed by atoms with Crippen LogP contribution in [0, 0.1) is 0 Å². The quantitative estimate of drug-likeness (QED) is 0.393. The molecular weight excluding hydrogens is 199 g/mol. The molecule has 0 aromatic carbocycles. The maximum absolute atomic E-state index is 12.2. The van der Waals surface area contributed by atoms with Crippen molar-refractivity contribution in [3.8, 4) is 0 Å². The summed E-state index contributed by atoms with van der Waals surface area (Å²) >= 11 is 2.95. The van der Waals surface area contributed by atoms with Crippen LogP contribution in [0.25, 0.3) is 0 Å². The van der Waals surface area contributed by atoms with E-state index in [0.29, 0.717) is 10.8 Å². The van der Waals surface area contributed by atoms with Crippen molar-refractivity contribution in [2.75, 3.05) is 0 Å². The second kappa shape index (κ2) is 4.17. The standard InChI is InChI=1S/C7H6BrFO/c1-5(8)3-7(4-10)6(2)9/h3-4H,1-2H2/b7-3-. The summed E-state index contributed by atoms with van der Waals surface area (Å²) in [6.07, 6.45) is 1.64. The van der Waals surface area contributed by atoms with Crippen LogP contribution >= 0.6 is 15.9 Å². The maximum Gasteiger partial charge on any atom is 0.153 e. The van der Waals surface area contributed by atoms with Gasteiger partial charge in [-0.25, -0.2) is 4.39 Å². The van der Waals surface area contributed by atoms with Gasteiger partial charge in [-0.05, 0) is 6.08 Å². The Kier molecular flexibility index (Phi) is 3.88. The Labute approximate surface area is 67.1 Å². The molecule has 0 fully saturated rings. The smallest absolute Gasteiger partial charge is 0.153 e. The summed E-state index contributed by atoms with van der Waals surface area (Å²) in [5, 5.41) is 0. The third kappa shape index (κ3) is 3.35. The number of carbonyl (C=O) groups is 1. The SMILES string of the molecule is C=C(Br)/C=C(/C=O)C(=C)F. The average molecular weight is 205 g/mol. The van der Waals surface area contributed by atoms with E-state index >= 15 is 0 Å². The van der Waals surface area contributed by atoms with Crippen molar-refractivity contribution in [1.82, 2.24) is 0 Å². The fraction of sp³-hybridized carbons (Fsp3) is 0. The van der Waals surface area contributed by atoms with Gasteiger partial charge in [0.05, 0.1) is 5.57 Å². The molecule has 0 radical (unpaired) electrons. The monoisotopic (exact) mass is 204 g/mol. The zero-order chi connectivity index (χ0) is 8.15. The van der Waals surface area contributed by atoms with Crippen LogP contribution in [0.4, 0.5) is 4.39 Å². The van der Waals surface area contributed by atoms with Crippen LogP contribution in [0.3, 0.4) is 0 Å². The van der Waals surface area contributed by atoms with E-state index in [1.54, 1.807) is 0 Å². The molecule has 0 spiro atoms. The van der Waals surface area contributed by atoms with Gasteiger partial charge < -0.3 is 0 Å². The predicted molar refractivity (Wildman–Crippen MR) is 42.5 cm³/mol. The summed E-state index contributed by atoms with van der Waals surface area (Å²) in [4.78, 5) is 10.1. The second-order valence-corrected chi connectivity index (χ2v) is 2.59. The van der Waals surface area contributed by atoms with E-state index in [0.717, 1.165) is 0 Å². The van der Waals surface area contributed by atoms with Crippen molar-refractivity contribution in [2.45, 2.75) is 0 Å².